The third kappa shape index (κ3) is 2.69. The Kier molecular flexibility index (Phi) is 3.51. The summed E-state index contributed by atoms with van der Waals surface area (Å²) in [5.41, 5.74) is 3.09. The number of thiophene rings is 1. The van der Waals surface area contributed by atoms with Crippen molar-refractivity contribution in [3.05, 3.63) is 57.2 Å². The minimum atomic E-state index is -0.303. The van der Waals surface area contributed by atoms with Crippen molar-refractivity contribution < 1.29 is 9.18 Å². The molecule has 0 saturated carbocycles. The summed E-state index contributed by atoms with van der Waals surface area (Å²) in [5, 5.41) is 5.76. The Balaban J connectivity index is 1.82. The van der Waals surface area contributed by atoms with Crippen molar-refractivity contribution in [2.75, 3.05) is 0 Å². The van der Waals surface area contributed by atoms with Crippen LogP contribution < -0.4 is 5.32 Å². The largest absolute Gasteiger partial charge is 0.350 e. The van der Waals surface area contributed by atoms with Crippen LogP contribution in [0, 0.1) is 19.7 Å². The number of carbonyl (C=O) groups excluding carboxylic acids is 1. The van der Waals surface area contributed by atoms with E-state index >= 15 is 0 Å². The van der Waals surface area contributed by atoms with Crippen molar-refractivity contribution in [1.82, 2.24) is 10.3 Å². The maximum atomic E-state index is 13.4. The minimum Gasteiger partial charge on any atom is -0.350 e. The number of aromatic amines is 1. The topological polar surface area (TPSA) is 44.9 Å². The number of H-pyrrole nitrogens is 1. The molecule has 0 aliphatic rings. The molecule has 2 N–H and O–H groups in total. The molecular formula is C16H15FN2OS. The molecule has 1 amide bonds. The maximum Gasteiger partial charge on any atom is 0.268 e. The van der Waals surface area contributed by atoms with E-state index < -0.39 is 0 Å². The van der Waals surface area contributed by atoms with Gasteiger partial charge in [-0.05, 0) is 54.6 Å². The maximum absolute atomic E-state index is 13.4. The molecule has 0 aliphatic carbocycles. The summed E-state index contributed by atoms with van der Waals surface area (Å²) < 4.78 is 13.4. The van der Waals surface area contributed by atoms with E-state index in [0.717, 1.165) is 15.8 Å². The number of carbonyl (C=O) groups is 1. The molecule has 5 heteroatoms. The van der Waals surface area contributed by atoms with Crippen LogP contribution >= 0.6 is 11.3 Å². The zero-order chi connectivity index (χ0) is 15.0. The summed E-state index contributed by atoms with van der Waals surface area (Å²) in [7, 11) is 0. The number of nitrogens with one attached hydrogen (secondary N) is 2. The minimum absolute atomic E-state index is 0.182. The van der Waals surface area contributed by atoms with Gasteiger partial charge in [0.1, 0.15) is 11.5 Å². The number of hydrogen-bond donors (Lipinski definition) is 2. The first-order valence-electron chi connectivity index (χ1n) is 6.64. The summed E-state index contributed by atoms with van der Waals surface area (Å²) >= 11 is 1.62. The quantitative estimate of drug-likeness (QED) is 0.757. The normalized spacial score (nSPS) is 11.0. The molecule has 2 aromatic heterocycles. The van der Waals surface area contributed by atoms with E-state index in [4.69, 9.17) is 0 Å². The van der Waals surface area contributed by atoms with Crippen molar-refractivity contribution >= 4 is 28.1 Å². The number of fused-ring (bicyclic) bond motifs is 1. The van der Waals surface area contributed by atoms with Gasteiger partial charge in [0.05, 0.1) is 6.54 Å². The first-order valence-corrected chi connectivity index (χ1v) is 7.52. The van der Waals surface area contributed by atoms with Crippen LogP contribution in [0.5, 0.6) is 0 Å². The number of amides is 1. The first-order chi connectivity index (χ1) is 10.0. The van der Waals surface area contributed by atoms with Crippen LogP contribution in [-0.4, -0.2) is 10.9 Å². The Hall–Kier alpha value is -2.14. The third-order valence-electron chi connectivity index (χ3n) is 3.53. The molecule has 0 atom stereocenters. The molecule has 2 heterocycles. The lowest BCUT2D eigenvalue weighted by atomic mass is 10.1. The highest BCUT2D eigenvalue weighted by Gasteiger charge is 2.12. The predicted molar refractivity (Wildman–Crippen MR) is 83.2 cm³/mol. The molecule has 3 aromatic rings. The number of aromatic nitrogens is 1. The second-order valence-corrected chi connectivity index (χ2v) is 6.08. The zero-order valence-electron chi connectivity index (χ0n) is 11.8. The standard InChI is InChI=1S/C16H15FN2OS/c1-9-3-4-21-15(9)8-18-16(20)14-7-12-10(2)5-11(17)6-13(12)19-14/h3-7,19H,8H2,1-2H3,(H,18,20). The van der Waals surface area contributed by atoms with E-state index in [2.05, 4.69) is 10.3 Å². The number of rotatable bonds is 3. The Morgan fingerprint density at radius 1 is 1.29 bits per heavy atom. The molecule has 3 rings (SSSR count). The smallest absolute Gasteiger partial charge is 0.268 e. The lowest BCUT2D eigenvalue weighted by Gasteiger charge is -2.02. The highest BCUT2D eigenvalue weighted by atomic mass is 32.1. The molecule has 0 aliphatic heterocycles. The van der Waals surface area contributed by atoms with E-state index in [9.17, 15) is 9.18 Å². The van der Waals surface area contributed by atoms with E-state index in [-0.39, 0.29) is 11.7 Å². The Morgan fingerprint density at radius 3 is 2.81 bits per heavy atom. The molecule has 0 fully saturated rings. The van der Waals surface area contributed by atoms with Gasteiger partial charge in [-0.15, -0.1) is 11.3 Å². The molecule has 3 nitrogen and oxygen atoms in total. The van der Waals surface area contributed by atoms with Crippen LogP contribution in [0.25, 0.3) is 10.9 Å². The Bertz CT molecular complexity index is 819. The number of hydrogen-bond acceptors (Lipinski definition) is 2. The monoisotopic (exact) mass is 302 g/mol. The lowest BCUT2D eigenvalue weighted by molar-refractivity contribution is 0.0947. The van der Waals surface area contributed by atoms with Crippen LogP contribution in [0.4, 0.5) is 4.39 Å². The van der Waals surface area contributed by atoms with Gasteiger partial charge in [0.25, 0.3) is 5.91 Å². The fraction of sp³-hybridized carbons (Fsp3) is 0.188. The van der Waals surface area contributed by atoms with Crippen molar-refractivity contribution in [2.24, 2.45) is 0 Å². The van der Waals surface area contributed by atoms with Gasteiger partial charge in [0.2, 0.25) is 0 Å². The van der Waals surface area contributed by atoms with Crippen molar-refractivity contribution in [2.45, 2.75) is 20.4 Å². The second kappa shape index (κ2) is 5.33. The average molecular weight is 302 g/mol. The number of benzene rings is 1. The van der Waals surface area contributed by atoms with Crippen LogP contribution in [0.2, 0.25) is 0 Å². The van der Waals surface area contributed by atoms with Crippen molar-refractivity contribution in [3.63, 3.8) is 0 Å². The van der Waals surface area contributed by atoms with E-state index in [1.54, 1.807) is 17.4 Å². The molecule has 108 valence electrons. The molecule has 0 bridgehead atoms. The second-order valence-electron chi connectivity index (χ2n) is 5.08. The summed E-state index contributed by atoms with van der Waals surface area (Å²) in [6.45, 7) is 4.36. The molecule has 0 unspecified atom stereocenters. The van der Waals surface area contributed by atoms with Gasteiger partial charge in [-0.2, -0.15) is 0 Å². The zero-order valence-corrected chi connectivity index (χ0v) is 12.6. The first kappa shape index (κ1) is 13.8. The van der Waals surface area contributed by atoms with Crippen LogP contribution in [0.1, 0.15) is 26.5 Å². The van der Waals surface area contributed by atoms with Crippen molar-refractivity contribution in [3.8, 4) is 0 Å². The van der Waals surface area contributed by atoms with Gasteiger partial charge >= 0.3 is 0 Å². The molecular weight excluding hydrogens is 287 g/mol. The lowest BCUT2D eigenvalue weighted by Crippen LogP contribution is -2.22. The summed E-state index contributed by atoms with van der Waals surface area (Å²) in [6.07, 6.45) is 0. The number of aryl methyl sites for hydroxylation is 2. The molecule has 21 heavy (non-hydrogen) atoms. The fourth-order valence-corrected chi connectivity index (χ4v) is 3.18. The van der Waals surface area contributed by atoms with Gasteiger partial charge in [0.15, 0.2) is 0 Å². The van der Waals surface area contributed by atoms with E-state index in [1.165, 1.54) is 17.7 Å². The summed E-state index contributed by atoms with van der Waals surface area (Å²) in [5.74, 6) is -0.484. The van der Waals surface area contributed by atoms with Gasteiger partial charge in [-0.3, -0.25) is 4.79 Å². The highest BCUT2D eigenvalue weighted by Crippen LogP contribution is 2.21. The van der Waals surface area contributed by atoms with E-state index in [1.807, 2.05) is 25.3 Å². The van der Waals surface area contributed by atoms with Crippen LogP contribution in [0.3, 0.4) is 0 Å². The molecule has 1 aromatic carbocycles. The van der Waals surface area contributed by atoms with Gasteiger partial charge in [-0.25, -0.2) is 4.39 Å². The molecule has 0 radical (unpaired) electrons. The Morgan fingerprint density at radius 2 is 2.10 bits per heavy atom. The van der Waals surface area contributed by atoms with Gasteiger partial charge in [-0.1, -0.05) is 0 Å². The Labute approximate surface area is 125 Å². The van der Waals surface area contributed by atoms with Crippen molar-refractivity contribution in [1.29, 1.82) is 0 Å². The molecule has 0 spiro atoms. The average Bonchev–Trinajstić information content (AvgIpc) is 3.02. The summed E-state index contributed by atoms with van der Waals surface area (Å²) in [6, 6.07) is 6.66. The molecule has 0 saturated heterocycles. The van der Waals surface area contributed by atoms with Gasteiger partial charge < -0.3 is 10.3 Å². The summed E-state index contributed by atoms with van der Waals surface area (Å²) in [4.78, 5) is 16.3. The van der Waals surface area contributed by atoms with E-state index in [0.29, 0.717) is 17.8 Å². The van der Waals surface area contributed by atoms with Gasteiger partial charge in [0, 0.05) is 15.8 Å². The van der Waals surface area contributed by atoms with Crippen LogP contribution in [0.15, 0.2) is 29.6 Å². The number of halogens is 1. The highest BCUT2D eigenvalue weighted by molar-refractivity contribution is 7.10. The predicted octanol–water partition coefficient (Wildman–Crippen LogP) is 3.92. The third-order valence-corrected chi connectivity index (χ3v) is 4.55. The van der Waals surface area contributed by atoms with Crippen LogP contribution in [-0.2, 0) is 6.54 Å². The fourth-order valence-electron chi connectivity index (χ4n) is 2.34. The SMILES string of the molecule is Cc1ccsc1CNC(=O)c1cc2c(C)cc(F)cc2[nH]1.